The SMILES string of the molecule is Cc1cccc(C(=O)c2cccc(F)c2)c1N. The molecule has 2 N–H and O–H groups in total. The van der Waals surface area contributed by atoms with E-state index in [0.717, 1.165) is 5.56 Å². The molecule has 0 saturated carbocycles. The molecule has 0 atom stereocenters. The van der Waals surface area contributed by atoms with E-state index >= 15 is 0 Å². The van der Waals surface area contributed by atoms with Gasteiger partial charge in [0.15, 0.2) is 5.78 Å². The maximum Gasteiger partial charge on any atom is 0.195 e. The van der Waals surface area contributed by atoms with Gasteiger partial charge in [-0.1, -0.05) is 24.3 Å². The summed E-state index contributed by atoms with van der Waals surface area (Å²) in [7, 11) is 0. The number of aryl methyl sites for hydroxylation is 1. The van der Waals surface area contributed by atoms with Crippen molar-refractivity contribution in [2.24, 2.45) is 0 Å². The molecule has 2 aromatic rings. The van der Waals surface area contributed by atoms with E-state index < -0.39 is 5.82 Å². The molecule has 3 heteroatoms. The molecule has 0 aliphatic carbocycles. The highest BCUT2D eigenvalue weighted by Crippen LogP contribution is 2.20. The third-order valence-corrected chi connectivity index (χ3v) is 2.66. The lowest BCUT2D eigenvalue weighted by Gasteiger charge is -2.07. The Bertz CT molecular complexity index is 578. The molecule has 2 rings (SSSR count). The molecule has 0 aromatic heterocycles. The quantitative estimate of drug-likeness (QED) is 0.635. The number of anilines is 1. The first kappa shape index (κ1) is 11.3. The Hall–Kier alpha value is -2.16. The van der Waals surface area contributed by atoms with E-state index in [1.54, 1.807) is 18.2 Å². The second-order valence-electron chi connectivity index (χ2n) is 3.88. The minimum Gasteiger partial charge on any atom is -0.398 e. The maximum absolute atomic E-state index is 13.0. The fraction of sp³-hybridized carbons (Fsp3) is 0.0714. The van der Waals surface area contributed by atoms with Gasteiger partial charge in [-0.2, -0.15) is 0 Å². The van der Waals surface area contributed by atoms with Gasteiger partial charge in [0.05, 0.1) is 0 Å². The third-order valence-electron chi connectivity index (χ3n) is 2.66. The number of nitrogens with two attached hydrogens (primary N) is 1. The number of benzene rings is 2. The van der Waals surface area contributed by atoms with Gasteiger partial charge >= 0.3 is 0 Å². The van der Waals surface area contributed by atoms with Crippen LogP contribution < -0.4 is 5.73 Å². The highest BCUT2D eigenvalue weighted by Gasteiger charge is 2.13. The first-order chi connectivity index (χ1) is 8.09. The Kier molecular flexibility index (Phi) is 2.91. The Morgan fingerprint density at radius 1 is 1.18 bits per heavy atom. The Morgan fingerprint density at radius 2 is 1.88 bits per heavy atom. The lowest BCUT2D eigenvalue weighted by atomic mass is 9.99. The number of rotatable bonds is 2. The van der Waals surface area contributed by atoms with Crippen LogP contribution in [0.5, 0.6) is 0 Å². The summed E-state index contributed by atoms with van der Waals surface area (Å²) in [4.78, 5) is 12.1. The van der Waals surface area contributed by atoms with Crippen LogP contribution in [0.15, 0.2) is 42.5 Å². The number of carbonyl (C=O) groups excluding carboxylic acids is 1. The van der Waals surface area contributed by atoms with Gasteiger partial charge in [-0.15, -0.1) is 0 Å². The first-order valence-electron chi connectivity index (χ1n) is 5.25. The van der Waals surface area contributed by atoms with Crippen molar-refractivity contribution >= 4 is 11.5 Å². The third kappa shape index (κ3) is 2.18. The second-order valence-corrected chi connectivity index (χ2v) is 3.88. The van der Waals surface area contributed by atoms with E-state index in [4.69, 9.17) is 5.73 Å². The molecule has 17 heavy (non-hydrogen) atoms. The summed E-state index contributed by atoms with van der Waals surface area (Å²) in [5.74, 6) is -0.687. The molecular formula is C14H12FNO. The first-order valence-corrected chi connectivity index (χ1v) is 5.25. The van der Waals surface area contributed by atoms with E-state index in [1.807, 2.05) is 13.0 Å². The minimum atomic E-state index is -0.429. The van der Waals surface area contributed by atoms with Crippen LogP contribution in [0.1, 0.15) is 21.5 Å². The van der Waals surface area contributed by atoms with E-state index in [0.29, 0.717) is 16.8 Å². The van der Waals surface area contributed by atoms with Crippen molar-refractivity contribution < 1.29 is 9.18 Å². The lowest BCUT2D eigenvalue weighted by Crippen LogP contribution is -2.06. The van der Waals surface area contributed by atoms with Crippen LogP contribution >= 0.6 is 0 Å². The molecule has 86 valence electrons. The molecule has 0 aliphatic rings. The molecule has 2 nitrogen and oxygen atoms in total. The number of ketones is 1. The molecule has 0 radical (unpaired) electrons. The average Bonchev–Trinajstić information content (AvgIpc) is 2.32. The van der Waals surface area contributed by atoms with E-state index in [9.17, 15) is 9.18 Å². The maximum atomic E-state index is 13.0. The normalized spacial score (nSPS) is 10.2. The van der Waals surface area contributed by atoms with Crippen molar-refractivity contribution in [2.75, 3.05) is 5.73 Å². The molecule has 0 unspecified atom stereocenters. The van der Waals surface area contributed by atoms with Gasteiger partial charge in [-0.3, -0.25) is 4.79 Å². The van der Waals surface area contributed by atoms with Gasteiger partial charge in [0.2, 0.25) is 0 Å². The van der Waals surface area contributed by atoms with E-state index in [2.05, 4.69) is 0 Å². The topological polar surface area (TPSA) is 43.1 Å². The number of hydrogen-bond donors (Lipinski definition) is 1. The van der Waals surface area contributed by atoms with Crippen LogP contribution in [-0.4, -0.2) is 5.78 Å². The van der Waals surface area contributed by atoms with Crippen molar-refractivity contribution in [1.82, 2.24) is 0 Å². The Balaban J connectivity index is 2.48. The number of halogens is 1. The van der Waals surface area contributed by atoms with Crippen molar-refractivity contribution in [3.63, 3.8) is 0 Å². The van der Waals surface area contributed by atoms with Gasteiger partial charge in [0, 0.05) is 16.8 Å². The van der Waals surface area contributed by atoms with Crippen LogP contribution in [0.3, 0.4) is 0 Å². The zero-order valence-corrected chi connectivity index (χ0v) is 9.41. The van der Waals surface area contributed by atoms with Gasteiger partial charge in [-0.05, 0) is 30.7 Å². The Morgan fingerprint density at radius 3 is 2.59 bits per heavy atom. The summed E-state index contributed by atoms with van der Waals surface area (Å²) < 4.78 is 13.0. The van der Waals surface area contributed by atoms with Gasteiger partial charge in [0.1, 0.15) is 5.82 Å². The lowest BCUT2D eigenvalue weighted by molar-refractivity contribution is 0.103. The molecule has 0 aliphatic heterocycles. The van der Waals surface area contributed by atoms with E-state index in [1.165, 1.54) is 18.2 Å². The van der Waals surface area contributed by atoms with Crippen LogP contribution in [-0.2, 0) is 0 Å². The fourth-order valence-corrected chi connectivity index (χ4v) is 1.66. The highest BCUT2D eigenvalue weighted by molar-refractivity contribution is 6.12. The predicted octanol–water partition coefficient (Wildman–Crippen LogP) is 2.95. The predicted molar refractivity (Wildman–Crippen MR) is 65.4 cm³/mol. The minimum absolute atomic E-state index is 0.259. The molecule has 0 fully saturated rings. The largest absolute Gasteiger partial charge is 0.398 e. The van der Waals surface area contributed by atoms with Crippen molar-refractivity contribution in [3.8, 4) is 0 Å². The van der Waals surface area contributed by atoms with E-state index in [-0.39, 0.29) is 5.78 Å². The van der Waals surface area contributed by atoms with Crippen molar-refractivity contribution in [1.29, 1.82) is 0 Å². The van der Waals surface area contributed by atoms with Crippen LogP contribution in [0.4, 0.5) is 10.1 Å². The zero-order valence-electron chi connectivity index (χ0n) is 9.41. The number of nitrogen functional groups attached to an aromatic ring is 1. The second kappa shape index (κ2) is 4.37. The average molecular weight is 229 g/mol. The van der Waals surface area contributed by atoms with Gasteiger partial charge in [0.25, 0.3) is 0 Å². The van der Waals surface area contributed by atoms with Gasteiger partial charge in [-0.25, -0.2) is 4.39 Å². The van der Waals surface area contributed by atoms with Crippen molar-refractivity contribution in [3.05, 3.63) is 65.0 Å². The number of carbonyl (C=O) groups is 1. The molecule has 0 bridgehead atoms. The van der Waals surface area contributed by atoms with Crippen LogP contribution in [0.25, 0.3) is 0 Å². The number of hydrogen-bond acceptors (Lipinski definition) is 2. The fourth-order valence-electron chi connectivity index (χ4n) is 1.66. The smallest absolute Gasteiger partial charge is 0.195 e. The van der Waals surface area contributed by atoms with Crippen molar-refractivity contribution in [2.45, 2.75) is 6.92 Å². The standard InChI is InChI=1S/C14H12FNO/c1-9-4-2-7-12(13(9)16)14(17)10-5-3-6-11(15)8-10/h2-8H,16H2,1H3. The molecule has 0 spiro atoms. The zero-order chi connectivity index (χ0) is 12.4. The molecule has 0 amide bonds. The summed E-state index contributed by atoms with van der Waals surface area (Å²) in [6, 6.07) is 10.8. The highest BCUT2D eigenvalue weighted by atomic mass is 19.1. The summed E-state index contributed by atoms with van der Waals surface area (Å²) in [6.45, 7) is 1.83. The monoisotopic (exact) mass is 229 g/mol. The molecular weight excluding hydrogens is 217 g/mol. The summed E-state index contributed by atoms with van der Waals surface area (Å²) in [6.07, 6.45) is 0. The van der Waals surface area contributed by atoms with Crippen LogP contribution in [0.2, 0.25) is 0 Å². The Labute approximate surface area is 98.9 Å². The summed E-state index contributed by atoms with van der Waals surface area (Å²) in [5, 5.41) is 0. The van der Waals surface area contributed by atoms with Gasteiger partial charge < -0.3 is 5.73 Å². The molecule has 0 heterocycles. The molecule has 0 saturated heterocycles. The summed E-state index contributed by atoms with van der Waals surface area (Å²) in [5.41, 5.74) is 7.85. The molecule has 2 aromatic carbocycles. The summed E-state index contributed by atoms with van der Waals surface area (Å²) >= 11 is 0. The number of para-hydroxylation sites is 1. The van der Waals surface area contributed by atoms with Crippen LogP contribution in [0, 0.1) is 12.7 Å².